The van der Waals surface area contributed by atoms with Gasteiger partial charge < -0.3 is 9.72 Å². The van der Waals surface area contributed by atoms with Gasteiger partial charge in [0, 0.05) is 18.3 Å². The summed E-state index contributed by atoms with van der Waals surface area (Å²) in [6, 6.07) is -0.549. The number of carbonyl (C=O) groups excluding carboxylic acids is 1. The number of ether oxygens (including phenoxy) is 1. The Hall–Kier alpha value is -1.07. The topological polar surface area (TPSA) is 67.0 Å². The summed E-state index contributed by atoms with van der Waals surface area (Å²) in [5, 5.41) is 0. The SMILES string of the molecule is COC(=O)[C@H](Cc1cnc[nH]1)NCl. The van der Waals surface area contributed by atoms with E-state index in [9.17, 15) is 4.79 Å². The number of methoxy groups -OCH3 is 1. The Morgan fingerprint density at radius 1 is 1.92 bits per heavy atom. The van der Waals surface area contributed by atoms with Crippen LogP contribution in [0.5, 0.6) is 0 Å². The Labute approximate surface area is 80.6 Å². The highest BCUT2D eigenvalue weighted by Gasteiger charge is 2.18. The van der Waals surface area contributed by atoms with E-state index in [-0.39, 0.29) is 0 Å². The van der Waals surface area contributed by atoms with Crippen molar-refractivity contribution in [3.8, 4) is 0 Å². The van der Waals surface area contributed by atoms with Gasteiger partial charge in [-0.2, -0.15) is 0 Å². The van der Waals surface area contributed by atoms with Crippen molar-refractivity contribution in [2.45, 2.75) is 12.5 Å². The highest BCUT2D eigenvalue weighted by atomic mass is 35.5. The van der Waals surface area contributed by atoms with Crippen molar-refractivity contribution in [1.29, 1.82) is 0 Å². The lowest BCUT2D eigenvalue weighted by molar-refractivity contribution is -0.142. The molecule has 0 aliphatic heterocycles. The molecule has 0 aliphatic rings. The molecule has 0 radical (unpaired) electrons. The number of halogens is 1. The van der Waals surface area contributed by atoms with Gasteiger partial charge in [-0.3, -0.25) is 4.79 Å². The minimum absolute atomic E-state index is 0.399. The molecule has 0 saturated carbocycles. The molecule has 0 unspecified atom stereocenters. The van der Waals surface area contributed by atoms with Gasteiger partial charge in [-0.25, -0.2) is 9.82 Å². The number of esters is 1. The number of nitrogens with one attached hydrogen (secondary N) is 2. The molecule has 2 N–H and O–H groups in total. The molecule has 0 spiro atoms. The predicted octanol–water partition coefficient (Wildman–Crippen LogP) is 0.237. The second-order valence-corrected chi connectivity index (χ2v) is 2.68. The number of rotatable bonds is 4. The van der Waals surface area contributed by atoms with Crippen LogP contribution in [0.25, 0.3) is 0 Å². The van der Waals surface area contributed by atoms with Crippen molar-refractivity contribution in [1.82, 2.24) is 14.8 Å². The summed E-state index contributed by atoms with van der Waals surface area (Å²) in [5.74, 6) is -0.399. The summed E-state index contributed by atoms with van der Waals surface area (Å²) in [5.41, 5.74) is 0.823. The fourth-order valence-corrected chi connectivity index (χ4v) is 1.09. The van der Waals surface area contributed by atoms with Crippen LogP contribution in [0.3, 0.4) is 0 Å². The second kappa shape index (κ2) is 4.84. The quantitative estimate of drug-likeness (QED) is 0.543. The Morgan fingerprint density at radius 2 is 2.69 bits per heavy atom. The molecule has 6 heteroatoms. The number of carbonyl (C=O) groups is 1. The molecular weight excluding hydrogens is 194 g/mol. The van der Waals surface area contributed by atoms with E-state index in [1.165, 1.54) is 13.4 Å². The van der Waals surface area contributed by atoms with Gasteiger partial charge in [0.1, 0.15) is 6.04 Å². The van der Waals surface area contributed by atoms with Crippen LogP contribution in [0.1, 0.15) is 5.69 Å². The van der Waals surface area contributed by atoms with Crippen molar-refractivity contribution in [3.05, 3.63) is 18.2 Å². The molecule has 1 rings (SSSR count). The summed E-state index contributed by atoms with van der Waals surface area (Å²) in [6.07, 6.45) is 3.60. The molecule has 0 fully saturated rings. The van der Waals surface area contributed by atoms with E-state index >= 15 is 0 Å². The van der Waals surface area contributed by atoms with Gasteiger partial charge in [-0.05, 0) is 11.8 Å². The number of hydrogen-bond donors (Lipinski definition) is 2. The Balaban J connectivity index is 2.54. The van der Waals surface area contributed by atoms with Crippen molar-refractivity contribution in [3.63, 3.8) is 0 Å². The van der Waals surface area contributed by atoms with Crippen molar-refractivity contribution < 1.29 is 9.53 Å². The minimum atomic E-state index is -0.549. The zero-order chi connectivity index (χ0) is 9.68. The number of nitrogens with zero attached hydrogens (tertiary/aromatic N) is 1. The summed E-state index contributed by atoms with van der Waals surface area (Å²) in [7, 11) is 1.32. The molecule has 1 heterocycles. The van der Waals surface area contributed by atoms with E-state index in [4.69, 9.17) is 11.8 Å². The third kappa shape index (κ3) is 2.71. The summed E-state index contributed by atoms with van der Waals surface area (Å²) < 4.78 is 4.53. The predicted molar refractivity (Wildman–Crippen MR) is 47.1 cm³/mol. The van der Waals surface area contributed by atoms with Crippen LogP contribution < -0.4 is 4.84 Å². The largest absolute Gasteiger partial charge is 0.468 e. The van der Waals surface area contributed by atoms with Crippen LogP contribution in [-0.4, -0.2) is 29.1 Å². The molecule has 0 bridgehead atoms. The lowest BCUT2D eigenvalue weighted by Gasteiger charge is -2.09. The maximum atomic E-state index is 11.1. The number of H-pyrrole nitrogens is 1. The average Bonchev–Trinajstić information content (AvgIpc) is 2.65. The average molecular weight is 204 g/mol. The summed E-state index contributed by atoms with van der Waals surface area (Å²) >= 11 is 5.37. The maximum absolute atomic E-state index is 11.1. The minimum Gasteiger partial charge on any atom is -0.468 e. The van der Waals surface area contributed by atoms with Gasteiger partial charge >= 0.3 is 5.97 Å². The fraction of sp³-hybridized carbons (Fsp3) is 0.429. The Morgan fingerprint density at radius 3 is 3.15 bits per heavy atom. The Kier molecular flexibility index (Phi) is 3.72. The van der Waals surface area contributed by atoms with Crippen molar-refractivity contribution in [2.75, 3.05) is 7.11 Å². The first-order valence-corrected chi connectivity index (χ1v) is 4.07. The van der Waals surface area contributed by atoms with Gasteiger partial charge in [0.2, 0.25) is 0 Å². The molecule has 13 heavy (non-hydrogen) atoms. The number of imidazole rings is 1. The zero-order valence-electron chi connectivity index (χ0n) is 7.08. The molecular formula is C7H10ClN3O2. The fourth-order valence-electron chi connectivity index (χ4n) is 0.925. The first kappa shape index (κ1) is 10.0. The van der Waals surface area contributed by atoms with Crippen molar-refractivity contribution in [2.24, 2.45) is 0 Å². The molecule has 0 aromatic carbocycles. The van der Waals surface area contributed by atoms with Crippen LogP contribution in [0.2, 0.25) is 0 Å². The van der Waals surface area contributed by atoms with Gasteiger partial charge in [-0.1, -0.05) is 0 Å². The van der Waals surface area contributed by atoms with E-state index in [2.05, 4.69) is 19.5 Å². The van der Waals surface area contributed by atoms with E-state index < -0.39 is 12.0 Å². The molecule has 1 aromatic rings. The highest BCUT2D eigenvalue weighted by Crippen LogP contribution is 2.00. The lowest BCUT2D eigenvalue weighted by Crippen LogP contribution is -2.34. The van der Waals surface area contributed by atoms with Crippen LogP contribution >= 0.6 is 11.8 Å². The highest BCUT2D eigenvalue weighted by molar-refractivity contribution is 6.14. The first-order valence-electron chi connectivity index (χ1n) is 3.69. The Bertz CT molecular complexity index is 263. The number of aromatic nitrogens is 2. The number of hydrogen-bond acceptors (Lipinski definition) is 4. The molecule has 1 aromatic heterocycles. The monoisotopic (exact) mass is 203 g/mol. The molecule has 72 valence electrons. The van der Waals surface area contributed by atoms with Gasteiger partial charge in [0.25, 0.3) is 0 Å². The van der Waals surface area contributed by atoms with Crippen LogP contribution in [0.15, 0.2) is 12.5 Å². The molecule has 0 aliphatic carbocycles. The molecule has 1 atom stereocenters. The maximum Gasteiger partial charge on any atom is 0.324 e. The second-order valence-electron chi connectivity index (χ2n) is 2.47. The third-order valence-electron chi connectivity index (χ3n) is 1.60. The smallest absolute Gasteiger partial charge is 0.324 e. The molecule has 0 saturated heterocycles. The van der Waals surface area contributed by atoms with Gasteiger partial charge in [0.05, 0.1) is 13.4 Å². The van der Waals surface area contributed by atoms with E-state index in [0.717, 1.165) is 5.69 Å². The van der Waals surface area contributed by atoms with E-state index in [0.29, 0.717) is 6.42 Å². The van der Waals surface area contributed by atoms with E-state index in [1.807, 2.05) is 0 Å². The number of aromatic amines is 1. The normalized spacial score (nSPS) is 12.5. The summed E-state index contributed by atoms with van der Waals surface area (Å²) in [4.78, 5) is 20.1. The van der Waals surface area contributed by atoms with Crippen molar-refractivity contribution >= 4 is 17.7 Å². The lowest BCUT2D eigenvalue weighted by atomic mass is 10.2. The van der Waals surface area contributed by atoms with E-state index in [1.54, 1.807) is 6.20 Å². The van der Waals surface area contributed by atoms with Gasteiger partial charge in [0.15, 0.2) is 0 Å². The van der Waals surface area contributed by atoms with Crippen LogP contribution in [0, 0.1) is 0 Å². The van der Waals surface area contributed by atoms with Gasteiger partial charge in [-0.15, -0.1) is 0 Å². The zero-order valence-corrected chi connectivity index (χ0v) is 7.84. The standard InChI is InChI=1S/C7H10ClN3O2/c1-13-7(12)6(11-8)2-5-3-9-4-10-5/h3-4,6,11H,2H2,1H3,(H,9,10)/t6-/m0/s1. The third-order valence-corrected chi connectivity index (χ3v) is 1.86. The first-order chi connectivity index (χ1) is 6.27. The summed E-state index contributed by atoms with van der Waals surface area (Å²) in [6.45, 7) is 0. The molecule has 5 nitrogen and oxygen atoms in total. The molecule has 0 amide bonds. The van der Waals surface area contributed by atoms with Crippen LogP contribution in [-0.2, 0) is 16.0 Å². The van der Waals surface area contributed by atoms with Crippen LogP contribution in [0.4, 0.5) is 0 Å².